The molecule has 0 saturated heterocycles. The normalized spacial score (nSPS) is 24.5. The minimum absolute atomic E-state index is 0.129. The van der Waals surface area contributed by atoms with E-state index < -0.39 is 0 Å². The molecule has 0 aromatic heterocycles. The van der Waals surface area contributed by atoms with Crippen molar-refractivity contribution in [1.29, 1.82) is 0 Å². The SMILES string of the molecule is Cc1ccc(CC(=O)C2CC(C)(C)CCC2C(C)C)c(O)c1. The van der Waals surface area contributed by atoms with E-state index in [0.717, 1.165) is 24.0 Å². The Bertz CT molecular complexity index is 543. The molecule has 1 aliphatic carbocycles. The van der Waals surface area contributed by atoms with Crippen molar-refractivity contribution in [1.82, 2.24) is 0 Å². The molecule has 1 aliphatic rings. The monoisotopic (exact) mass is 302 g/mol. The minimum atomic E-state index is 0.129. The molecule has 0 amide bonds. The van der Waals surface area contributed by atoms with Crippen LogP contribution >= 0.6 is 0 Å². The maximum Gasteiger partial charge on any atom is 0.140 e. The molecule has 0 spiro atoms. The van der Waals surface area contributed by atoms with Crippen LogP contribution in [0, 0.1) is 30.1 Å². The van der Waals surface area contributed by atoms with Crippen LogP contribution in [-0.2, 0) is 11.2 Å². The van der Waals surface area contributed by atoms with Gasteiger partial charge in [0.25, 0.3) is 0 Å². The number of phenols is 1. The number of hydrogen-bond donors (Lipinski definition) is 1. The Morgan fingerprint density at radius 3 is 2.64 bits per heavy atom. The van der Waals surface area contributed by atoms with Gasteiger partial charge in [0.2, 0.25) is 0 Å². The first kappa shape index (κ1) is 17.1. The second-order valence-electron chi connectivity index (χ2n) is 8.20. The van der Waals surface area contributed by atoms with E-state index in [1.165, 1.54) is 6.42 Å². The zero-order chi connectivity index (χ0) is 16.5. The first-order valence-electron chi connectivity index (χ1n) is 8.51. The summed E-state index contributed by atoms with van der Waals surface area (Å²) in [5, 5.41) is 10.1. The molecule has 2 nitrogen and oxygen atoms in total. The maximum absolute atomic E-state index is 12.9. The molecule has 1 fully saturated rings. The summed E-state index contributed by atoms with van der Waals surface area (Å²) in [5.41, 5.74) is 2.04. The van der Waals surface area contributed by atoms with Gasteiger partial charge in [-0.25, -0.2) is 0 Å². The highest BCUT2D eigenvalue weighted by Crippen LogP contribution is 2.45. The largest absolute Gasteiger partial charge is 0.508 e. The molecule has 22 heavy (non-hydrogen) atoms. The van der Waals surface area contributed by atoms with Crippen molar-refractivity contribution >= 4 is 5.78 Å². The fourth-order valence-corrected chi connectivity index (χ4v) is 3.90. The van der Waals surface area contributed by atoms with Gasteiger partial charge in [-0.1, -0.05) is 39.8 Å². The maximum atomic E-state index is 12.9. The van der Waals surface area contributed by atoms with Crippen molar-refractivity contribution in [3.05, 3.63) is 29.3 Å². The molecule has 0 radical (unpaired) electrons. The zero-order valence-corrected chi connectivity index (χ0v) is 14.6. The lowest BCUT2D eigenvalue weighted by atomic mass is 9.62. The van der Waals surface area contributed by atoms with E-state index in [-0.39, 0.29) is 17.1 Å². The predicted molar refractivity (Wildman–Crippen MR) is 91.0 cm³/mol. The van der Waals surface area contributed by atoms with Gasteiger partial charge in [0.1, 0.15) is 11.5 Å². The van der Waals surface area contributed by atoms with Crippen LogP contribution < -0.4 is 0 Å². The summed E-state index contributed by atoms with van der Waals surface area (Å²) >= 11 is 0. The molecule has 2 atom stereocenters. The summed E-state index contributed by atoms with van der Waals surface area (Å²) in [5.74, 6) is 1.70. The number of Topliss-reactive ketones (excluding diaryl/α,β-unsaturated/α-hetero) is 1. The number of ketones is 1. The Kier molecular flexibility index (Phi) is 4.99. The molecule has 2 unspecified atom stereocenters. The molecular weight excluding hydrogens is 272 g/mol. The topological polar surface area (TPSA) is 37.3 Å². The number of carbonyl (C=O) groups is 1. The van der Waals surface area contributed by atoms with Gasteiger partial charge in [-0.15, -0.1) is 0 Å². The summed E-state index contributed by atoms with van der Waals surface area (Å²) in [6.07, 6.45) is 3.67. The minimum Gasteiger partial charge on any atom is -0.508 e. The van der Waals surface area contributed by atoms with E-state index in [1.807, 2.05) is 19.1 Å². The fourth-order valence-electron chi connectivity index (χ4n) is 3.90. The van der Waals surface area contributed by atoms with Gasteiger partial charge in [0.15, 0.2) is 0 Å². The molecular formula is C20H30O2. The lowest BCUT2D eigenvalue weighted by Gasteiger charge is -2.42. The molecule has 1 aromatic carbocycles. The molecule has 1 N–H and O–H groups in total. The van der Waals surface area contributed by atoms with Crippen molar-refractivity contribution in [2.45, 2.75) is 60.3 Å². The van der Waals surface area contributed by atoms with E-state index in [4.69, 9.17) is 0 Å². The molecule has 1 aromatic rings. The van der Waals surface area contributed by atoms with Crippen LogP contribution in [0.15, 0.2) is 18.2 Å². The second-order valence-corrected chi connectivity index (χ2v) is 8.20. The predicted octanol–water partition coefficient (Wildman–Crippen LogP) is 4.91. The Balaban J connectivity index is 2.17. The first-order valence-corrected chi connectivity index (χ1v) is 8.51. The molecule has 0 bridgehead atoms. The highest BCUT2D eigenvalue weighted by atomic mass is 16.3. The summed E-state index contributed by atoms with van der Waals surface area (Å²) < 4.78 is 0. The smallest absolute Gasteiger partial charge is 0.140 e. The van der Waals surface area contributed by atoms with Crippen LogP contribution in [0.5, 0.6) is 5.75 Å². The van der Waals surface area contributed by atoms with Crippen molar-refractivity contribution in [3.8, 4) is 5.75 Å². The third-order valence-electron chi connectivity index (χ3n) is 5.32. The van der Waals surface area contributed by atoms with E-state index >= 15 is 0 Å². The number of aryl methyl sites for hydroxylation is 1. The number of benzene rings is 1. The quantitative estimate of drug-likeness (QED) is 0.858. The second kappa shape index (κ2) is 6.44. The lowest BCUT2D eigenvalue weighted by molar-refractivity contribution is -0.127. The van der Waals surface area contributed by atoms with Crippen LogP contribution in [0.1, 0.15) is 58.1 Å². The van der Waals surface area contributed by atoms with Crippen molar-refractivity contribution in [2.24, 2.45) is 23.2 Å². The third-order valence-corrected chi connectivity index (χ3v) is 5.32. The average Bonchev–Trinajstić information content (AvgIpc) is 2.40. The van der Waals surface area contributed by atoms with E-state index in [1.54, 1.807) is 6.07 Å². The molecule has 2 heteroatoms. The third kappa shape index (κ3) is 3.91. The number of rotatable bonds is 4. The zero-order valence-electron chi connectivity index (χ0n) is 14.6. The molecule has 1 saturated carbocycles. The van der Waals surface area contributed by atoms with Crippen molar-refractivity contribution < 1.29 is 9.90 Å². The summed E-state index contributed by atoms with van der Waals surface area (Å²) in [6.45, 7) is 10.9. The van der Waals surface area contributed by atoms with Crippen LogP contribution in [0.25, 0.3) is 0 Å². The first-order chi connectivity index (χ1) is 10.2. The molecule has 0 heterocycles. The fraction of sp³-hybridized carbons (Fsp3) is 0.650. The average molecular weight is 302 g/mol. The van der Waals surface area contributed by atoms with Gasteiger partial charge in [-0.2, -0.15) is 0 Å². The lowest BCUT2D eigenvalue weighted by Crippen LogP contribution is -2.37. The number of aromatic hydroxyl groups is 1. The summed E-state index contributed by atoms with van der Waals surface area (Å²) in [6, 6.07) is 5.60. The Labute approximate surface area is 134 Å². The van der Waals surface area contributed by atoms with Gasteiger partial charge in [-0.3, -0.25) is 4.79 Å². The van der Waals surface area contributed by atoms with Gasteiger partial charge in [-0.05, 0) is 55.1 Å². The Morgan fingerprint density at radius 1 is 1.36 bits per heavy atom. The van der Waals surface area contributed by atoms with Crippen molar-refractivity contribution in [2.75, 3.05) is 0 Å². The van der Waals surface area contributed by atoms with E-state index in [0.29, 0.717) is 24.0 Å². The highest BCUT2D eigenvalue weighted by Gasteiger charge is 2.39. The number of phenolic OH excluding ortho intramolecular Hbond substituents is 1. The molecule has 0 aliphatic heterocycles. The molecule has 122 valence electrons. The summed E-state index contributed by atoms with van der Waals surface area (Å²) in [7, 11) is 0. The van der Waals surface area contributed by atoms with Gasteiger partial charge in [0, 0.05) is 17.9 Å². The van der Waals surface area contributed by atoms with Gasteiger partial charge < -0.3 is 5.11 Å². The number of carbonyl (C=O) groups excluding carboxylic acids is 1. The summed E-state index contributed by atoms with van der Waals surface area (Å²) in [4.78, 5) is 12.9. The standard InChI is InChI=1S/C20H30O2/c1-13(2)16-8-9-20(4,5)12-17(16)19(22)11-15-7-6-14(3)10-18(15)21/h6-7,10,13,16-17,21H,8-9,11-12H2,1-5H3. The highest BCUT2D eigenvalue weighted by molar-refractivity contribution is 5.84. The van der Waals surface area contributed by atoms with Crippen LogP contribution in [0.2, 0.25) is 0 Å². The van der Waals surface area contributed by atoms with Crippen molar-refractivity contribution in [3.63, 3.8) is 0 Å². The van der Waals surface area contributed by atoms with Gasteiger partial charge in [0.05, 0.1) is 0 Å². The van der Waals surface area contributed by atoms with Crippen LogP contribution in [0.4, 0.5) is 0 Å². The van der Waals surface area contributed by atoms with E-state index in [9.17, 15) is 9.90 Å². The molecule has 2 rings (SSSR count). The van der Waals surface area contributed by atoms with Crippen LogP contribution in [-0.4, -0.2) is 10.9 Å². The number of hydrogen-bond acceptors (Lipinski definition) is 2. The van der Waals surface area contributed by atoms with E-state index in [2.05, 4.69) is 27.7 Å². The van der Waals surface area contributed by atoms with Gasteiger partial charge >= 0.3 is 0 Å². The Hall–Kier alpha value is -1.31. The van der Waals surface area contributed by atoms with Crippen LogP contribution in [0.3, 0.4) is 0 Å². The Morgan fingerprint density at radius 2 is 2.05 bits per heavy atom.